The van der Waals surface area contributed by atoms with E-state index in [2.05, 4.69) is 31.9 Å². The van der Waals surface area contributed by atoms with Gasteiger partial charge in [0.05, 0.1) is 7.11 Å². The number of rotatable bonds is 5. The molecule has 0 aliphatic carbocycles. The van der Waals surface area contributed by atoms with Crippen LogP contribution in [0.4, 0.5) is 5.69 Å². The van der Waals surface area contributed by atoms with E-state index in [1.54, 1.807) is 24.3 Å². The maximum Gasteiger partial charge on any atom is 0.253 e. The molecule has 27 heavy (non-hydrogen) atoms. The molecule has 1 amide bonds. The fraction of sp³-hybridized carbons (Fsp3) is 0.176. The Morgan fingerprint density at radius 2 is 1.85 bits per heavy atom. The first kappa shape index (κ1) is 22.0. The van der Waals surface area contributed by atoms with E-state index in [9.17, 15) is 4.79 Å². The second-order valence-electron chi connectivity index (χ2n) is 5.29. The molecule has 1 atom stereocenters. The van der Waals surface area contributed by atoms with Gasteiger partial charge in [-0.2, -0.15) is 0 Å². The highest BCUT2D eigenvalue weighted by Crippen LogP contribution is 2.29. The van der Waals surface area contributed by atoms with Crippen LogP contribution >= 0.6 is 63.0 Å². The van der Waals surface area contributed by atoms with Crippen LogP contribution in [0.5, 0.6) is 5.75 Å². The van der Waals surface area contributed by atoms with Crippen LogP contribution in [0.2, 0.25) is 0 Å². The zero-order chi connectivity index (χ0) is 20.0. The highest BCUT2D eigenvalue weighted by Gasteiger charge is 2.35. The molecular formula is C17H15BrCl3N3O2S. The van der Waals surface area contributed by atoms with Gasteiger partial charge in [-0.1, -0.05) is 62.9 Å². The van der Waals surface area contributed by atoms with Crippen molar-refractivity contribution in [1.29, 1.82) is 0 Å². The van der Waals surface area contributed by atoms with E-state index in [1.165, 1.54) is 7.11 Å². The van der Waals surface area contributed by atoms with E-state index in [1.807, 2.05) is 24.3 Å². The van der Waals surface area contributed by atoms with Crippen LogP contribution in [0.25, 0.3) is 0 Å². The van der Waals surface area contributed by atoms with Crippen LogP contribution in [0, 0.1) is 0 Å². The van der Waals surface area contributed by atoms with Crippen molar-refractivity contribution in [3.8, 4) is 5.75 Å². The maximum absolute atomic E-state index is 12.5. The molecule has 10 heteroatoms. The molecule has 0 heterocycles. The molecule has 1 unspecified atom stereocenters. The Hall–Kier alpha value is -1.25. The van der Waals surface area contributed by atoms with Crippen LogP contribution in [0.3, 0.4) is 0 Å². The van der Waals surface area contributed by atoms with Crippen LogP contribution in [-0.2, 0) is 0 Å². The van der Waals surface area contributed by atoms with Crippen molar-refractivity contribution in [2.75, 3.05) is 12.4 Å². The van der Waals surface area contributed by atoms with Crippen LogP contribution < -0.4 is 20.7 Å². The molecule has 3 N–H and O–H groups in total. The van der Waals surface area contributed by atoms with Gasteiger partial charge in [0.25, 0.3) is 5.91 Å². The molecule has 5 nitrogen and oxygen atoms in total. The number of ether oxygens (including phenoxy) is 1. The Balaban J connectivity index is 2.08. The summed E-state index contributed by atoms with van der Waals surface area (Å²) in [5.74, 6) is 0.0795. The molecule has 0 saturated carbocycles. The standard InChI is InChI=1S/C17H15BrCl3N3O2S/c1-26-13-7-2-4-10(8-13)14(25)23-15(17(19,20)21)24-16(27)22-12-6-3-5-11(18)9-12/h2-9,15H,1H3,(H,23,25)(H2,22,24,27). The zero-order valence-corrected chi connectivity index (χ0v) is 18.6. The monoisotopic (exact) mass is 509 g/mol. The Bertz CT molecular complexity index is 833. The summed E-state index contributed by atoms with van der Waals surface area (Å²) >= 11 is 26.6. The number of methoxy groups -OCH3 is 1. The van der Waals surface area contributed by atoms with Gasteiger partial charge in [0, 0.05) is 15.7 Å². The van der Waals surface area contributed by atoms with Gasteiger partial charge >= 0.3 is 0 Å². The smallest absolute Gasteiger partial charge is 0.253 e. The van der Waals surface area contributed by atoms with Gasteiger partial charge < -0.3 is 20.7 Å². The summed E-state index contributed by atoms with van der Waals surface area (Å²) in [6.07, 6.45) is -1.08. The Morgan fingerprint density at radius 3 is 2.48 bits per heavy atom. The lowest BCUT2D eigenvalue weighted by Gasteiger charge is -2.27. The molecule has 0 fully saturated rings. The van der Waals surface area contributed by atoms with Crippen molar-refractivity contribution in [3.63, 3.8) is 0 Å². The fourth-order valence-electron chi connectivity index (χ4n) is 2.04. The quantitative estimate of drug-likeness (QED) is 0.304. The third-order valence-electron chi connectivity index (χ3n) is 3.29. The van der Waals surface area contributed by atoms with Crippen molar-refractivity contribution in [2.45, 2.75) is 9.96 Å². The van der Waals surface area contributed by atoms with Gasteiger partial charge in [-0.05, 0) is 48.6 Å². The molecule has 144 valence electrons. The van der Waals surface area contributed by atoms with E-state index in [0.717, 1.165) is 10.2 Å². The van der Waals surface area contributed by atoms with E-state index < -0.39 is 15.9 Å². The zero-order valence-electron chi connectivity index (χ0n) is 13.9. The molecule has 2 aromatic rings. The van der Waals surface area contributed by atoms with Gasteiger partial charge in [0.2, 0.25) is 3.79 Å². The number of halogens is 4. The molecule has 0 saturated heterocycles. The number of benzene rings is 2. The molecule has 0 radical (unpaired) electrons. The van der Waals surface area contributed by atoms with Gasteiger partial charge in [-0.15, -0.1) is 0 Å². The first-order valence-corrected chi connectivity index (χ1v) is 9.87. The summed E-state index contributed by atoms with van der Waals surface area (Å²) in [6, 6.07) is 14.0. The summed E-state index contributed by atoms with van der Waals surface area (Å²) in [7, 11) is 1.51. The molecule has 0 aliphatic heterocycles. The highest BCUT2D eigenvalue weighted by molar-refractivity contribution is 9.10. The predicted octanol–water partition coefficient (Wildman–Crippen LogP) is 4.87. The lowest BCUT2D eigenvalue weighted by atomic mass is 10.2. The van der Waals surface area contributed by atoms with Crippen LogP contribution in [0.1, 0.15) is 10.4 Å². The van der Waals surface area contributed by atoms with Gasteiger partial charge in [0.15, 0.2) is 5.11 Å². The number of anilines is 1. The third kappa shape index (κ3) is 7.01. The first-order chi connectivity index (χ1) is 12.7. The van der Waals surface area contributed by atoms with Gasteiger partial charge in [-0.25, -0.2) is 0 Å². The number of amides is 1. The number of carbonyl (C=O) groups is 1. The molecule has 2 rings (SSSR count). The number of hydrogen-bond donors (Lipinski definition) is 3. The minimum Gasteiger partial charge on any atom is -0.497 e. The van der Waals surface area contributed by atoms with Gasteiger partial charge in [-0.3, -0.25) is 4.79 Å². The fourth-order valence-corrected chi connectivity index (χ4v) is 3.01. The summed E-state index contributed by atoms with van der Waals surface area (Å²) < 4.78 is 4.13. The molecule has 0 spiro atoms. The van der Waals surface area contributed by atoms with Crippen molar-refractivity contribution >= 4 is 79.7 Å². The molecular weight excluding hydrogens is 497 g/mol. The minimum atomic E-state index is -1.85. The van der Waals surface area contributed by atoms with Crippen LogP contribution in [0.15, 0.2) is 53.0 Å². The van der Waals surface area contributed by atoms with E-state index >= 15 is 0 Å². The van der Waals surface area contributed by atoms with E-state index in [0.29, 0.717) is 11.3 Å². The Kier molecular flexibility index (Phi) is 8.00. The number of alkyl halides is 3. The number of hydrogen-bond acceptors (Lipinski definition) is 3. The predicted molar refractivity (Wildman–Crippen MR) is 118 cm³/mol. The van der Waals surface area contributed by atoms with Crippen molar-refractivity contribution < 1.29 is 9.53 Å². The Labute approximate surface area is 185 Å². The van der Waals surface area contributed by atoms with Gasteiger partial charge in [0.1, 0.15) is 11.9 Å². The minimum absolute atomic E-state index is 0.176. The number of thiocarbonyl (C=S) groups is 1. The SMILES string of the molecule is COc1cccc(C(=O)NC(NC(=S)Nc2cccc(Br)c2)C(Cl)(Cl)Cl)c1. The average molecular weight is 512 g/mol. The molecule has 2 aromatic carbocycles. The summed E-state index contributed by atoms with van der Waals surface area (Å²) in [5, 5.41) is 8.55. The molecule has 0 bridgehead atoms. The van der Waals surface area contributed by atoms with E-state index in [-0.39, 0.29) is 5.11 Å². The first-order valence-electron chi connectivity index (χ1n) is 7.54. The van der Waals surface area contributed by atoms with Crippen molar-refractivity contribution in [1.82, 2.24) is 10.6 Å². The average Bonchev–Trinajstić information content (AvgIpc) is 2.60. The molecule has 0 aromatic heterocycles. The lowest BCUT2D eigenvalue weighted by Crippen LogP contribution is -2.56. The molecule has 0 aliphatic rings. The summed E-state index contributed by atoms with van der Waals surface area (Å²) in [4.78, 5) is 12.5. The lowest BCUT2D eigenvalue weighted by molar-refractivity contribution is 0.0934. The highest BCUT2D eigenvalue weighted by atomic mass is 79.9. The third-order valence-corrected chi connectivity index (χ3v) is 4.66. The topological polar surface area (TPSA) is 62.4 Å². The number of carbonyl (C=O) groups excluding carboxylic acids is 1. The second-order valence-corrected chi connectivity index (χ2v) is 8.98. The van der Waals surface area contributed by atoms with Crippen LogP contribution in [-0.4, -0.2) is 28.1 Å². The van der Waals surface area contributed by atoms with Crippen molar-refractivity contribution in [2.24, 2.45) is 0 Å². The Morgan fingerprint density at radius 1 is 1.15 bits per heavy atom. The largest absolute Gasteiger partial charge is 0.497 e. The normalized spacial score (nSPS) is 12.0. The summed E-state index contributed by atoms with van der Waals surface area (Å²) in [6.45, 7) is 0. The van der Waals surface area contributed by atoms with E-state index in [4.69, 9.17) is 51.8 Å². The number of nitrogens with one attached hydrogen (secondary N) is 3. The van der Waals surface area contributed by atoms with Crippen molar-refractivity contribution in [3.05, 3.63) is 58.6 Å². The second kappa shape index (κ2) is 9.80. The maximum atomic E-state index is 12.5. The summed E-state index contributed by atoms with van der Waals surface area (Å²) in [5.41, 5.74) is 1.07.